The number of aromatic hydroxyl groups is 1. The number of phenols is 1. The fourth-order valence-electron chi connectivity index (χ4n) is 3.74. The zero-order chi connectivity index (χ0) is 22.3. The summed E-state index contributed by atoms with van der Waals surface area (Å²) in [5.74, 6) is -1.35. The molecule has 1 N–H and O–H groups in total. The molecule has 2 unspecified atom stereocenters. The van der Waals surface area contributed by atoms with Crippen molar-refractivity contribution in [2.24, 2.45) is 5.92 Å². The van der Waals surface area contributed by atoms with Crippen LogP contribution in [-0.2, 0) is 33.5 Å². The molecule has 2 aromatic carbocycles. The first-order valence-corrected chi connectivity index (χ1v) is 10.5. The molecule has 168 valence electrons. The molecule has 2 atom stereocenters. The molecule has 0 fully saturated rings. The minimum absolute atomic E-state index is 0.137. The Bertz CT molecular complexity index is 852. The third-order valence-corrected chi connectivity index (χ3v) is 5.49. The molecule has 7 heteroatoms. The maximum Gasteiger partial charge on any atom is 0.427 e. The van der Waals surface area contributed by atoms with E-state index in [2.05, 4.69) is 0 Å². The maximum absolute atomic E-state index is 13.3. The molecule has 1 aliphatic carbocycles. The molecule has 31 heavy (non-hydrogen) atoms. The minimum atomic E-state index is -4.68. The lowest BCUT2D eigenvalue weighted by Gasteiger charge is -2.26. The van der Waals surface area contributed by atoms with E-state index in [0.29, 0.717) is 25.7 Å². The second-order valence-electron chi connectivity index (χ2n) is 7.88. The van der Waals surface area contributed by atoms with Crippen LogP contribution >= 0.6 is 0 Å². The highest BCUT2D eigenvalue weighted by molar-refractivity contribution is 5.73. The van der Waals surface area contributed by atoms with Gasteiger partial charge >= 0.3 is 12.1 Å². The van der Waals surface area contributed by atoms with Gasteiger partial charge in [-0.25, -0.2) is 0 Å². The van der Waals surface area contributed by atoms with Crippen molar-refractivity contribution in [1.29, 1.82) is 0 Å². The molecule has 0 radical (unpaired) electrons. The van der Waals surface area contributed by atoms with E-state index in [0.717, 1.165) is 24.0 Å². The largest absolute Gasteiger partial charge is 0.508 e. The molecule has 0 aromatic heterocycles. The molecule has 0 aliphatic heterocycles. The molecular weight excluding hydrogens is 409 g/mol. The van der Waals surface area contributed by atoms with Gasteiger partial charge in [-0.1, -0.05) is 36.4 Å². The molecule has 0 saturated heterocycles. The summed E-state index contributed by atoms with van der Waals surface area (Å²) in [5, 5.41) is 9.54. The first kappa shape index (κ1) is 23.1. The monoisotopic (exact) mass is 436 g/mol. The SMILES string of the molecule is O=C(OC(COCCCCc1ccccc1)C(F)(F)F)C1CCc2cc(O)ccc2C1. The third-order valence-electron chi connectivity index (χ3n) is 5.49. The minimum Gasteiger partial charge on any atom is -0.508 e. The van der Waals surface area contributed by atoms with Crippen LogP contribution in [0.1, 0.15) is 36.0 Å². The van der Waals surface area contributed by atoms with E-state index in [4.69, 9.17) is 9.47 Å². The number of alkyl halides is 3. The summed E-state index contributed by atoms with van der Waals surface area (Å²) in [6, 6.07) is 14.7. The van der Waals surface area contributed by atoms with Crippen LogP contribution in [-0.4, -0.2) is 36.6 Å². The Kier molecular flexibility index (Phi) is 7.96. The van der Waals surface area contributed by atoms with E-state index in [1.807, 2.05) is 30.3 Å². The lowest BCUT2D eigenvalue weighted by Crippen LogP contribution is -2.40. The van der Waals surface area contributed by atoms with E-state index < -0.39 is 30.8 Å². The molecule has 2 aromatic rings. The Balaban J connectivity index is 1.44. The highest BCUT2D eigenvalue weighted by Crippen LogP contribution is 2.31. The summed E-state index contributed by atoms with van der Waals surface area (Å²) in [6.07, 6.45) is -3.48. The number of esters is 1. The maximum atomic E-state index is 13.3. The van der Waals surface area contributed by atoms with Gasteiger partial charge in [-0.05, 0) is 67.3 Å². The number of rotatable bonds is 9. The number of unbranched alkanes of at least 4 members (excludes halogenated alkanes) is 1. The molecule has 0 heterocycles. The number of hydrogen-bond donors (Lipinski definition) is 1. The zero-order valence-electron chi connectivity index (χ0n) is 17.2. The highest BCUT2D eigenvalue weighted by atomic mass is 19.4. The van der Waals surface area contributed by atoms with Gasteiger partial charge in [0.15, 0.2) is 0 Å². The lowest BCUT2D eigenvalue weighted by molar-refractivity contribution is -0.234. The van der Waals surface area contributed by atoms with Gasteiger partial charge in [0.2, 0.25) is 6.10 Å². The van der Waals surface area contributed by atoms with E-state index in [1.165, 1.54) is 11.6 Å². The standard InChI is InChI=1S/C24H27F3O4/c25-24(26,27)22(16-30-13-5-4-8-17-6-2-1-3-7-17)31-23(29)20-10-9-19-15-21(28)12-11-18(19)14-20/h1-3,6-7,11-12,15,20,22,28H,4-5,8-10,13-14,16H2. The summed E-state index contributed by atoms with van der Waals surface area (Å²) in [6.45, 7) is -0.519. The van der Waals surface area contributed by atoms with E-state index in [-0.39, 0.29) is 12.4 Å². The second kappa shape index (κ2) is 10.7. The number of fused-ring (bicyclic) bond motifs is 1. The smallest absolute Gasteiger partial charge is 0.427 e. The van der Waals surface area contributed by atoms with Gasteiger partial charge in [0.05, 0.1) is 12.5 Å². The molecule has 0 saturated carbocycles. The number of benzene rings is 2. The van der Waals surface area contributed by atoms with Gasteiger partial charge in [-0.2, -0.15) is 13.2 Å². The Morgan fingerprint density at radius 1 is 1.10 bits per heavy atom. The second-order valence-corrected chi connectivity index (χ2v) is 7.88. The summed E-state index contributed by atoms with van der Waals surface area (Å²) in [7, 11) is 0. The predicted octanol–water partition coefficient (Wildman–Crippen LogP) is 5.01. The van der Waals surface area contributed by atoms with Crippen molar-refractivity contribution in [2.75, 3.05) is 13.2 Å². The number of phenolic OH excluding ortho intramolecular Hbond substituents is 1. The van der Waals surface area contributed by atoms with Gasteiger partial charge in [-0.15, -0.1) is 0 Å². The normalized spacial score (nSPS) is 17.1. The fourth-order valence-corrected chi connectivity index (χ4v) is 3.74. The molecule has 4 nitrogen and oxygen atoms in total. The number of carbonyl (C=O) groups excluding carboxylic acids is 1. The lowest BCUT2D eigenvalue weighted by atomic mass is 9.84. The number of ether oxygens (including phenoxy) is 2. The predicted molar refractivity (Wildman–Crippen MR) is 110 cm³/mol. The van der Waals surface area contributed by atoms with Crippen LogP contribution in [0.3, 0.4) is 0 Å². The van der Waals surface area contributed by atoms with Crippen molar-refractivity contribution in [3.05, 3.63) is 65.2 Å². The summed E-state index contributed by atoms with van der Waals surface area (Å²) < 4.78 is 50.1. The van der Waals surface area contributed by atoms with Crippen LogP contribution < -0.4 is 0 Å². The van der Waals surface area contributed by atoms with Gasteiger partial charge in [0.25, 0.3) is 0 Å². The van der Waals surface area contributed by atoms with Crippen LogP contribution in [0.15, 0.2) is 48.5 Å². The Morgan fingerprint density at radius 3 is 2.61 bits per heavy atom. The van der Waals surface area contributed by atoms with Crippen molar-refractivity contribution >= 4 is 5.97 Å². The molecule has 1 aliphatic rings. The molecule has 0 amide bonds. The Hall–Kier alpha value is -2.54. The molecular formula is C24H27F3O4. The van der Waals surface area contributed by atoms with Crippen molar-refractivity contribution in [3.8, 4) is 5.75 Å². The van der Waals surface area contributed by atoms with E-state index >= 15 is 0 Å². The zero-order valence-corrected chi connectivity index (χ0v) is 17.2. The first-order valence-electron chi connectivity index (χ1n) is 10.5. The van der Waals surface area contributed by atoms with Gasteiger partial charge in [0, 0.05) is 6.61 Å². The number of halogens is 3. The number of carbonyl (C=O) groups is 1. The van der Waals surface area contributed by atoms with Crippen LogP contribution in [0, 0.1) is 5.92 Å². The van der Waals surface area contributed by atoms with Crippen molar-refractivity contribution in [1.82, 2.24) is 0 Å². The van der Waals surface area contributed by atoms with Gasteiger partial charge < -0.3 is 14.6 Å². The first-order chi connectivity index (χ1) is 14.8. The summed E-state index contributed by atoms with van der Waals surface area (Å²) in [5.41, 5.74) is 2.94. The molecule has 3 rings (SSSR count). The summed E-state index contributed by atoms with van der Waals surface area (Å²) >= 11 is 0. The van der Waals surface area contributed by atoms with Gasteiger partial charge in [0.1, 0.15) is 5.75 Å². The third kappa shape index (κ3) is 6.99. The number of hydrogen-bond acceptors (Lipinski definition) is 4. The Morgan fingerprint density at radius 2 is 1.87 bits per heavy atom. The van der Waals surface area contributed by atoms with Crippen molar-refractivity contribution in [3.63, 3.8) is 0 Å². The van der Waals surface area contributed by atoms with E-state index in [1.54, 1.807) is 12.1 Å². The van der Waals surface area contributed by atoms with Crippen molar-refractivity contribution < 1.29 is 32.5 Å². The highest BCUT2D eigenvalue weighted by Gasteiger charge is 2.44. The number of aryl methyl sites for hydroxylation is 2. The van der Waals surface area contributed by atoms with Gasteiger partial charge in [-0.3, -0.25) is 4.79 Å². The van der Waals surface area contributed by atoms with E-state index in [9.17, 15) is 23.1 Å². The molecule has 0 spiro atoms. The average molecular weight is 436 g/mol. The van der Waals surface area contributed by atoms with Crippen LogP contribution in [0.2, 0.25) is 0 Å². The quantitative estimate of drug-likeness (QED) is 0.444. The Labute approximate surface area is 180 Å². The average Bonchev–Trinajstić information content (AvgIpc) is 2.74. The van der Waals surface area contributed by atoms with Crippen LogP contribution in [0.4, 0.5) is 13.2 Å². The topological polar surface area (TPSA) is 55.8 Å². The molecule has 0 bridgehead atoms. The van der Waals surface area contributed by atoms with Crippen molar-refractivity contribution in [2.45, 2.75) is 50.8 Å². The van der Waals surface area contributed by atoms with Crippen LogP contribution in [0.25, 0.3) is 0 Å². The van der Waals surface area contributed by atoms with Crippen LogP contribution in [0.5, 0.6) is 5.75 Å². The fraction of sp³-hybridized carbons (Fsp3) is 0.458. The summed E-state index contributed by atoms with van der Waals surface area (Å²) in [4.78, 5) is 12.4.